The maximum absolute atomic E-state index is 6.44. The molecule has 1 aliphatic carbocycles. The van der Waals surface area contributed by atoms with E-state index >= 15 is 0 Å². The van der Waals surface area contributed by atoms with E-state index in [1.807, 2.05) is 30.4 Å². The Morgan fingerprint density at radius 1 is 1.23 bits per heavy atom. The summed E-state index contributed by atoms with van der Waals surface area (Å²) in [5, 5.41) is 19.4. The number of tetrazole rings is 1. The van der Waals surface area contributed by atoms with Gasteiger partial charge in [0, 0.05) is 27.7 Å². The quantitative estimate of drug-likeness (QED) is 0.677. The van der Waals surface area contributed by atoms with Crippen molar-refractivity contribution in [2.75, 3.05) is 0 Å². The first-order valence-corrected chi connectivity index (χ1v) is 8.78. The topological polar surface area (TPSA) is 79.6 Å². The van der Waals surface area contributed by atoms with Crippen LogP contribution in [0.4, 0.5) is 0 Å². The number of halogens is 2. The Bertz CT molecular complexity index is 1050. The molecule has 0 saturated heterocycles. The number of furan rings is 1. The standard InChI is InChI=1S/C18H15Cl2N5O/c1-10-2-3-14(8-13(19)4-10)21-9-12-7-16-11(5-15(12)20)6-17(26-16)18-22-24-25-23-18/h3-8,21H,2,9H2,1H3,(H,22,23,24,25). The van der Waals surface area contributed by atoms with Gasteiger partial charge in [-0.05, 0) is 54.5 Å². The van der Waals surface area contributed by atoms with Crippen molar-refractivity contribution in [3.63, 3.8) is 0 Å². The van der Waals surface area contributed by atoms with Gasteiger partial charge in [-0.15, -0.1) is 10.2 Å². The van der Waals surface area contributed by atoms with Crippen LogP contribution < -0.4 is 5.32 Å². The summed E-state index contributed by atoms with van der Waals surface area (Å²) in [6.45, 7) is 2.61. The number of aromatic nitrogens is 4. The van der Waals surface area contributed by atoms with Crippen molar-refractivity contribution in [3.8, 4) is 11.6 Å². The average molecular weight is 388 g/mol. The van der Waals surface area contributed by atoms with E-state index in [9.17, 15) is 0 Å². The highest BCUT2D eigenvalue weighted by molar-refractivity contribution is 6.32. The Hall–Kier alpha value is -2.57. The third-order valence-corrected chi connectivity index (χ3v) is 4.63. The summed E-state index contributed by atoms with van der Waals surface area (Å²) in [6, 6.07) is 5.63. The van der Waals surface area contributed by atoms with Crippen LogP contribution in [0.15, 0.2) is 57.1 Å². The fourth-order valence-electron chi connectivity index (χ4n) is 2.75. The number of aromatic amines is 1. The molecule has 2 heterocycles. The molecule has 26 heavy (non-hydrogen) atoms. The van der Waals surface area contributed by atoms with Gasteiger partial charge >= 0.3 is 0 Å². The summed E-state index contributed by atoms with van der Waals surface area (Å²) in [7, 11) is 0. The largest absolute Gasteiger partial charge is 0.453 e. The van der Waals surface area contributed by atoms with Crippen LogP contribution >= 0.6 is 23.2 Å². The molecule has 0 aliphatic heterocycles. The van der Waals surface area contributed by atoms with Crippen LogP contribution in [0.3, 0.4) is 0 Å². The molecule has 0 fully saturated rings. The number of nitrogens with one attached hydrogen (secondary N) is 2. The van der Waals surface area contributed by atoms with Crippen LogP contribution in [-0.2, 0) is 6.54 Å². The van der Waals surface area contributed by atoms with Crippen LogP contribution in [0, 0.1) is 0 Å². The van der Waals surface area contributed by atoms with E-state index < -0.39 is 0 Å². The molecule has 1 aliphatic rings. The molecule has 3 aromatic rings. The molecule has 8 heteroatoms. The maximum Gasteiger partial charge on any atom is 0.239 e. The number of hydrogen-bond donors (Lipinski definition) is 2. The van der Waals surface area contributed by atoms with E-state index in [0.717, 1.165) is 23.1 Å². The number of benzene rings is 1. The van der Waals surface area contributed by atoms with E-state index in [4.69, 9.17) is 27.6 Å². The van der Waals surface area contributed by atoms with Crippen LogP contribution in [0.2, 0.25) is 5.02 Å². The molecule has 2 aromatic heterocycles. The Kier molecular flexibility index (Phi) is 4.53. The van der Waals surface area contributed by atoms with Crippen molar-refractivity contribution < 1.29 is 4.42 Å². The minimum atomic E-state index is 0.406. The molecule has 0 bridgehead atoms. The molecule has 1 aromatic carbocycles. The summed E-state index contributed by atoms with van der Waals surface area (Å²) in [5.74, 6) is 0.945. The summed E-state index contributed by atoms with van der Waals surface area (Å²) in [6.07, 6.45) is 6.84. The summed E-state index contributed by atoms with van der Waals surface area (Å²) >= 11 is 12.6. The highest BCUT2D eigenvalue weighted by Crippen LogP contribution is 2.30. The maximum atomic E-state index is 6.44. The second kappa shape index (κ2) is 6.97. The molecule has 132 valence electrons. The Morgan fingerprint density at radius 2 is 2.12 bits per heavy atom. The Balaban J connectivity index is 1.57. The minimum absolute atomic E-state index is 0.406. The SMILES string of the molecule is CC1=CC(Cl)=CC(NCc2cc3oc(-c4nn[nH]n4)cc3cc2Cl)=CC1. The fraction of sp³-hybridized carbons (Fsp3) is 0.167. The van der Waals surface area contributed by atoms with Crippen molar-refractivity contribution in [2.24, 2.45) is 0 Å². The number of hydrogen-bond acceptors (Lipinski definition) is 5. The van der Waals surface area contributed by atoms with Gasteiger partial charge in [0.1, 0.15) is 5.58 Å². The van der Waals surface area contributed by atoms with E-state index in [2.05, 4.69) is 38.9 Å². The van der Waals surface area contributed by atoms with Gasteiger partial charge in [-0.2, -0.15) is 5.21 Å². The predicted molar refractivity (Wildman–Crippen MR) is 102 cm³/mol. The molecule has 0 unspecified atom stereocenters. The average Bonchev–Trinajstić information content (AvgIpc) is 3.22. The molecular formula is C18H15Cl2N5O. The second-order valence-corrected chi connectivity index (χ2v) is 6.91. The first-order chi connectivity index (χ1) is 12.6. The summed E-state index contributed by atoms with van der Waals surface area (Å²) in [5.41, 5.74) is 3.82. The highest BCUT2D eigenvalue weighted by atomic mass is 35.5. The lowest BCUT2D eigenvalue weighted by atomic mass is 10.1. The smallest absolute Gasteiger partial charge is 0.239 e. The second-order valence-electron chi connectivity index (χ2n) is 6.06. The van der Waals surface area contributed by atoms with Crippen molar-refractivity contribution in [3.05, 3.63) is 63.3 Å². The number of fused-ring (bicyclic) bond motifs is 1. The molecule has 6 nitrogen and oxygen atoms in total. The summed E-state index contributed by atoms with van der Waals surface area (Å²) < 4.78 is 5.82. The van der Waals surface area contributed by atoms with Gasteiger partial charge in [-0.25, -0.2) is 0 Å². The zero-order valence-electron chi connectivity index (χ0n) is 13.9. The zero-order chi connectivity index (χ0) is 18.1. The molecular weight excluding hydrogens is 373 g/mol. The van der Waals surface area contributed by atoms with Gasteiger partial charge in [-0.1, -0.05) is 34.9 Å². The van der Waals surface area contributed by atoms with Gasteiger partial charge in [0.25, 0.3) is 0 Å². The van der Waals surface area contributed by atoms with Crippen LogP contribution in [0.25, 0.3) is 22.6 Å². The summed E-state index contributed by atoms with van der Waals surface area (Å²) in [4.78, 5) is 0. The van der Waals surface area contributed by atoms with Crippen molar-refractivity contribution in [2.45, 2.75) is 19.9 Å². The molecule has 4 rings (SSSR count). The Labute approximate surface area is 159 Å². The van der Waals surface area contributed by atoms with E-state index in [-0.39, 0.29) is 0 Å². The van der Waals surface area contributed by atoms with Gasteiger partial charge in [0.15, 0.2) is 5.76 Å². The van der Waals surface area contributed by atoms with Gasteiger partial charge in [-0.3, -0.25) is 0 Å². The lowest BCUT2D eigenvalue weighted by Gasteiger charge is -2.09. The molecule has 0 spiro atoms. The van der Waals surface area contributed by atoms with Gasteiger partial charge in [0.2, 0.25) is 5.82 Å². The minimum Gasteiger partial charge on any atom is -0.453 e. The number of allylic oxidation sites excluding steroid dienone is 5. The molecule has 2 N–H and O–H groups in total. The predicted octanol–water partition coefficient (Wildman–Crippen LogP) is 4.71. The number of rotatable bonds is 4. The van der Waals surface area contributed by atoms with Crippen molar-refractivity contribution in [1.82, 2.24) is 25.9 Å². The molecule has 0 radical (unpaired) electrons. The highest BCUT2D eigenvalue weighted by Gasteiger charge is 2.13. The lowest BCUT2D eigenvalue weighted by molar-refractivity contribution is 0.624. The van der Waals surface area contributed by atoms with Crippen LogP contribution in [0.1, 0.15) is 18.9 Å². The molecule has 0 amide bonds. The zero-order valence-corrected chi connectivity index (χ0v) is 15.4. The first kappa shape index (κ1) is 16.9. The third kappa shape index (κ3) is 3.52. The van der Waals surface area contributed by atoms with E-state index in [1.54, 1.807) is 0 Å². The van der Waals surface area contributed by atoms with Crippen molar-refractivity contribution in [1.29, 1.82) is 0 Å². The van der Waals surface area contributed by atoms with E-state index in [1.165, 1.54) is 5.57 Å². The van der Waals surface area contributed by atoms with E-state index in [0.29, 0.717) is 33.8 Å². The number of H-pyrrole nitrogens is 1. The van der Waals surface area contributed by atoms with Gasteiger partial charge < -0.3 is 9.73 Å². The molecule has 0 atom stereocenters. The lowest BCUT2D eigenvalue weighted by Crippen LogP contribution is -2.11. The monoisotopic (exact) mass is 387 g/mol. The number of nitrogens with zero attached hydrogens (tertiary/aromatic N) is 3. The van der Waals surface area contributed by atoms with Crippen LogP contribution in [0.5, 0.6) is 0 Å². The normalized spacial score (nSPS) is 14.7. The van der Waals surface area contributed by atoms with Gasteiger partial charge in [0.05, 0.1) is 0 Å². The fourth-order valence-corrected chi connectivity index (χ4v) is 3.29. The first-order valence-electron chi connectivity index (χ1n) is 8.02. The third-order valence-electron chi connectivity index (χ3n) is 4.06. The Morgan fingerprint density at radius 3 is 2.92 bits per heavy atom. The van der Waals surface area contributed by atoms with Crippen molar-refractivity contribution >= 4 is 34.2 Å². The molecule has 0 saturated carbocycles. The van der Waals surface area contributed by atoms with Crippen LogP contribution in [-0.4, -0.2) is 20.6 Å².